The standard InChI is InChI=1S/C29H37N3O5/c1-20-17-32(21(2)19-33)29(35)25-15-23(10-9-22-7-5-4-6-8-22)16-30-27(25)37-26(20)18-31(3)28(34)24-11-13-36-14-12-24/h4-10,15-16,20-21,24,26,33H,11-14,17-19H2,1-3H3/b10-9+/t20-,21+,26-/m0/s1. The summed E-state index contributed by atoms with van der Waals surface area (Å²) in [5, 5.41) is 9.88. The van der Waals surface area contributed by atoms with Crippen molar-refractivity contribution >= 4 is 24.0 Å². The molecule has 2 amide bonds. The molecule has 0 bridgehead atoms. The molecule has 3 heterocycles. The van der Waals surface area contributed by atoms with Gasteiger partial charge < -0.3 is 24.4 Å². The van der Waals surface area contributed by atoms with Crippen molar-refractivity contribution in [1.82, 2.24) is 14.8 Å². The molecule has 1 saturated heterocycles. The third kappa shape index (κ3) is 6.56. The number of amides is 2. The van der Waals surface area contributed by atoms with Crippen LogP contribution in [0.15, 0.2) is 42.6 Å². The molecule has 0 radical (unpaired) electrons. The number of aliphatic hydroxyl groups excluding tert-OH is 1. The van der Waals surface area contributed by atoms with Crippen LogP contribution in [0.5, 0.6) is 5.88 Å². The number of aliphatic hydroxyl groups is 1. The van der Waals surface area contributed by atoms with Crippen LogP contribution in [0.1, 0.15) is 48.2 Å². The predicted molar refractivity (Wildman–Crippen MR) is 142 cm³/mol. The SMILES string of the molecule is C[C@H](CO)N1C[C@H](C)[C@H](CN(C)C(=O)C2CCOCC2)Oc2ncc(/C=C/c3ccccc3)cc2C1=O. The molecule has 0 saturated carbocycles. The van der Waals surface area contributed by atoms with Gasteiger partial charge in [-0.1, -0.05) is 49.4 Å². The Hall–Kier alpha value is -3.23. The highest BCUT2D eigenvalue weighted by molar-refractivity contribution is 5.97. The topological polar surface area (TPSA) is 92.2 Å². The van der Waals surface area contributed by atoms with Gasteiger partial charge >= 0.3 is 0 Å². The highest BCUT2D eigenvalue weighted by Gasteiger charge is 2.35. The maximum atomic E-state index is 13.6. The molecule has 1 N–H and O–H groups in total. The second-order valence-electron chi connectivity index (χ2n) is 10.1. The molecular weight excluding hydrogens is 470 g/mol. The monoisotopic (exact) mass is 507 g/mol. The third-order valence-electron chi connectivity index (χ3n) is 7.21. The van der Waals surface area contributed by atoms with Gasteiger partial charge in [-0.05, 0) is 37.0 Å². The molecule has 8 heteroatoms. The molecule has 2 aromatic rings. The smallest absolute Gasteiger partial charge is 0.259 e. The second kappa shape index (κ2) is 12.3. The number of aromatic nitrogens is 1. The van der Waals surface area contributed by atoms with Crippen LogP contribution in [0.25, 0.3) is 12.2 Å². The fourth-order valence-corrected chi connectivity index (χ4v) is 4.80. The van der Waals surface area contributed by atoms with Crippen molar-refractivity contribution in [2.24, 2.45) is 11.8 Å². The average molecular weight is 508 g/mol. The minimum Gasteiger partial charge on any atom is -0.472 e. The van der Waals surface area contributed by atoms with E-state index in [2.05, 4.69) is 4.98 Å². The minimum atomic E-state index is -0.369. The summed E-state index contributed by atoms with van der Waals surface area (Å²) in [5.74, 6) is -0.0150. The summed E-state index contributed by atoms with van der Waals surface area (Å²) in [6, 6.07) is 11.3. The quantitative estimate of drug-likeness (QED) is 0.618. The largest absolute Gasteiger partial charge is 0.472 e. The van der Waals surface area contributed by atoms with Gasteiger partial charge in [-0.25, -0.2) is 4.98 Å². The first-order valence-electron chi connectivity index (χ1n) is 13.0. The lowest BCUT2D eigenvalue weighted by atomic mass is 9.97. The van der Waals surface area contributed by atoms with Gasteiger partial charge in [-0.15, -0.1) is 0 Å². The summed E-state index contributed by atoms with van der Waals surface area (Å²) in [6.07, 6.45) is 6.65. The zero-order valence-corrected chi connectivity index (χ0v) is 21.9. The van der Waals surface area contributed by atoms with Gasteiger partial charge in [0.25, 0.3) is 5.91 Å². The van der Waals surface area contributed by atoms with E-state index in [4.69, 9.17) is 9.47 Å². The van der Waals surface area contributed by atoms with E-state index in [1.165, 1.54) is 0 Å². The van der Waals surface area contributed by atoms with E-state index in [0.29, 0.717) is 31.9 Å². The molecule has 2 aliphatic rings. The van der Waals surface area contributed by atoms with Gasteiger partial charge in [0.1, 0.15) is 11.7 Å². The molecule has 0 aliphatic carbocycles. The van der Waals surface area contributed by atoms with Crippen LogP contribution in [0.3, 0.4) is 0 Å². The third-order valence-corrected chi connectivity index (χ3v) is 7.21. The lowest BCUT2D eigenvalue weighted by Crippen LogP contribution is -2.51. The van der Waals surface area contributed by atoms with Gasteiger partial charge in [0, 0.05) is 44.8 Å². The van der Waals surface area contributed by atoms with Gasteiger partial charge in [-0.3, -0.25) is 9.59 Å². The van der Waals surface area contributed by atoms with Crippen molar-refractivity contribution in [3.8, 4) is 5.88 Å². The first kappa shape index (κ1) is 26.8. The Morgan fingerprint density at radius 3 is 2.62 bits per heavy atom. The van der Waals surface area contributed by atoms with Gasteiger partial charge in [0.15, 0.2) is 0 Å². The van der Waals surface area contributed by atoms with Gasteiger partial charge in [-0.2, -0.15) is 0 Å². The lowest BCUT2D eigenvalue weighted by Gasteiger charge is -2.38. The molecule has 0 unspecified atom stereocenters. The number of pyridine rings is 1. The maximum absolute atomic E-state index is 13.6. The molecule has 37 heavy (non-hydrogen) atoms. The van der Waals surface area contributed by atoms with E-state index < -0.39 is 0 Å². The molecule has 198 valence electrons. The zero-order chi connectivity index (χ0) is 26.4. The molecule has 1 fully saturated rings. The highest BCUT2D eigenvalue weighted by Crippen LogP contribution is 2.28. The number of rotatable bonds is 7. The Balaban J connectivity index is 1.60. The minimum absolute atomic E-state index is 0.0422. The number of fused-ring (bicyclic) bond motifs is 1. The number of hydrogen-bond donors (Lipinski definition) is 1. The number of ether oxygens (including phenoxy) is 2. The normalized spacial score (nSPS) is 21.6. The summed E-state index contributed by atoms with van der Waals surface area (Å²) in [6.45, 7) is 5.67. The highest BCUT2D eigenvalue weighted by atomic mass is 16.5. The van der Waals surface area contributed by atoms with Crippen LogP contribution >= 0.6 is 0 Å². The van der Waals surface area contributed by atoms with Crippen LogP contribution in [-0.2, 0) is 9.53 Å². The number of benzene rings is 1. The van der Waals surface area contributed by atoms with E-state index in [1.54, 1.807) is 29.1 Å². The number of hydrogen-bond acceptors (Lipinski definition) is 6. The summed E-state index contributed by atoms with van der Waals surface area (Å²) >= 11 is 0. The van der Waals surface area contributed by atoms with E-state index in [-0.39, 0.29) is 48.3 Å². The van der Waals surface area contributed by atoms with Gasteiger partial charge in [0.2, 0.25) is 11.8 Å². The van der Waals surface area contributed by atoms with Crippen molar-refractivity contribution < 1.29 is 24.2 Å². The first-order valence-corrected chi connectivity index (χ1v) is 13.0. The Morgan fingerprint density at radius 2 is 1.92 bits per heavy atom. The Labute approximate surface area is 218 Å². The number of nitrogens with zero attached hydrogens (tertiary/aromatic N) is 3. The fraction of sp³-hybridized carbons (Fsp3) is 0.483. The van der Waals surface area contributed by atoms with Crippen molar-refractivity contribution in [1.29, 1.82) is 0 Å². The Bertz CT molecular complexity index is 1100. The molecule has 4 rings (SSSR count). The average Bonchev–Trinajstić information content (AvgIpc) is 2.94. The maximum Gasteiger partial charge on any atom is 0.259 e. The van der Waals surface area contributed by atoms with Gasteiger partial charge in [0.05, 0.1) is 19.2 Å². The molecular formula is C29H37N3O5. The van der Waals surface area contributed by atoms with Crippen LogP contribution in [-0.4, -0.2) is 83.8 Å². The van der Waals surface area contributed by atoms with Crippen molar-refractivity contribution in [2.45, 2.75) is 38.8 Å². The number of likely N-dealkylation sites (N-methyl/N-ethyl adjacent to an activating group) is 1. The summed E-state index contributed by atoms with van der Waals surface area (Å²) < 4.78 is 11.8. The van der Waals surface area contributed by atoms with Crippen LogP contribution < -0.4 is 4.74 Å². The lowest BCUT2D eigenvalue weighted by molar-refractivity contribution is -0.138. The fourth-order valence-electron chi connectivity index (χ4n) is 4.80. The van der Waals surface area contributed by atoms with Crippen LogP contribution in [0.2, 0.25) is 0 Å². The number of carbonyl (C=O) groups is 2. The van der Waals surface area contributed by atoms with E-state index in [9.17, 15) is 14.7 Å². The van der Waals surface area contributed by atoms with Crippen molar-refractivity contribution in [3.63, 3.8) is 0 Å². The predicted octanol–water partition coefficient (Wildman–Crippen LogP) is 3.36. The molecule has 1 aromatic heterocycles. The molecule has 1 aromatic carbocycles. The van der Waals surface area contributed by atoms with E-state index in [0.717, 1.165) is 24.0 Å². The molecule has 3 atom stereocenters. The second-order valence-corrected chi connectivity index (χ2v) is 10.1. The molecule has 8 nitrogen and oxygen atoms in total. The molecule has 0 spiro atoms. The summed E-state index contributed by atoms with van der Waals surface area (Å²) in [7, 11) is 1.80. The van der Waals surface area contributed by atoms with E-state index in [1.807, 2.05) is 56.3 Å². The Morgan fingerprint density at radius 1 is 1.22 bits per heavy atom. The van der Waals surface area contributed by atoms with Crippen molar-refractivity contribution in [2.75, 3.05) is 40.0 Å². The van der Waals surface area contributed by atoms with Crippen LogP contribution in [0.4, 0.5) is 0 Å². The molecule has 2 aliphatic heterocycles. The van der Waals surface area contributed by atoms with Crippen molar-refractivity contribution in [3.05, 3.63) is 59.3 Å². The zero-order valence-electron chi connectivity index (χ0n) is 21.9. The summed E-state index contributed by atoms with van der Waals surface area (Å²) in [5.41, 5.74) is 2.16. The van der Waals surface area contributed by atoms with Crippen LogP contribution in [0, 0.1) is 11.8 Å². The summed E-state index contributed by atoms with van der Waals surface area (Å²) in [4.78, 5) is 34.6. The Kier molecular flexibility index (Phi) is 8.95. The first-order chi connectivity index (χ1) is 17.9. The number of carbonyl (C=O) groups excluding carboxylic acids is 2. The van der Waals surface area contributed by atoms with E-state index >= 15 is 0 Å².